The first kappa shape index (κ1) is 29.5. The molecule has 1 aliphatic carbocycles. The number of fused-ring (bicyclic) bond motifs is 1. The Balaban J connectivity index is 1.56. The zero-order valence-electron chi connectivity index (χ0n) is 23.1. The van der Waals surface area contributed by atoms with Gasteiger partial charge >= 0.3 is 6.18 Å². The number of halogens is 3. The quantitative estimate of drug-likeness (QED) is 0.505. The molecule has 1 aliphatic heterocycles. The standard InChI is InChI=1S/C27H38F3N5O3S/c1-16(2)34(5)20-7-9-24(18(12-20)14-39(37,38)17(3)4)35-11-10-23(26(35)36)33-25-21-13-19(27(28,29)30)6-8-22(21)31-15-32-25/h6,8,13,15-18,20,23-24H,7,9-12,14H2,1-5H3,(H,31,32,33)/t18-,20+,23-,24-/m0/s1. The van der Waals surface area contributed by atoms with Gasteiger partial charge in [-0.05, 0) is 84.5 Å². The van der Waals surface area contributed by atoms with Gasteiger partial charge in [0.1, 0.15) is 18.2 Å². The third-order valence-corrected chi connectivity index (χ3v) is 10.7. The summed E-state index contributed by atoms with van der Waals surface area (Å²) in [5.74, 6) is -0.181. The molecule has 2 heterocycles. The Bertz CT molecular complexity index is 1300. The molecule has 1 N–H and O–H groups in total. The number of carbonyl (C=O) groups is 1. The molecular formula is C27H38F3N5O3S. The summed E-state index contributed by atoms with van der Waals surface area (Å²) < 4.78 is 65.9. The molecule has 0 bridgehead atoms. The van der Waals surface area contributed by atoms with Crippen molar-refractivity contribution in [3.8, 4) is 0 Å². The fourth-order valence-electron chi connectivity index (χ4n) is 5.77. The van der Waals surface area contributed by atoms with Gasteiger partial charge in [0.2, 0.25) is 5.91 Å². The zero-order valence-corrected chi connectivity index (χ0v) is 23.9. The Morgan fingerprint density at radius 1 is 1.13 bits per heavy atom. The minimum atomic E-state index is -4.52. The molecule has 1 saturated heterocycles. The molecule has 0 unspecified atom stereocenters. The summed E-state index contributed by atoms with van der Waals surface area (Å²) in [5.41, 5.74) is -0.473. The Labute approximate surface area is 228 Å². The van der Waals surface area contributed by atoms with Crippen LogP contribution in [0.2, 0.25) is 0 Å². The molecule has 2 aliphatic rings. The van der Waals surface area contributed by atoms with Gasteiger partial charge < -0.3 is 15.1 Å². The van der Waals surface area contributed by atoms with Gasteiger partial charge in [-0.15, -0.1) is 0 Å². The summed E-state index contributed by atoms with van der Waals surface area (Å²) in [5, 5.41) is 2.76. The summed E-state index contributed by atoms with van der Waals surface area (Å²) >= 11 is 0. The number of alkyl halides is 3. The van der Waals surface area contributed by atoms with Crippen molar-refractivity contribution in [2.24, 2.45) is 5.92 Å². The highest BCUT2D eigenvalue weighted by molar-refractivity contribution is 7.91. The molecule has 1 aromatic carbocycles. The molecule has 1 amide bonds. The molecule has 12 heteroatoms. The van der Waals surface area contributed by atoms with Gasteiger partial charge in [0.05, 0.1) is 22.1 Å². The van der Waals surface area contributed by atoms with E-state index in [1.165, 1.54) is 12.4 Å². The number of sulfone groups is 1. The number of amides is 1. The molecule has 2 aromatic rings. The number of carbonyl (C=O) groups excluding carboxylic acids is 1. The lowest BCUT2D eigenvalue weighted by Gasteiger charge is -2.44. The van der Waals surface area contributed by atoms with Crippen LogP contribution in [0.3, 0.4) is 0 Å². The number of hydrogen-bond donors (Lipinski definition) is 1. The van der Waals surface area contributed by atoms with Crippen LogP contribution in [0.15, 0.2) is 24.5 Å². The first-order valence-electron chi connectivity index (χ1n) is 13.5. The second kappa shape index (κ2) is 11.2. The highest BCUT2D eigenvalue weighted by Gasteiger charge is 2.44. The lowest BCUT2D eigenvalue weighted by atomic mass is 9.81. The Morgan fingerprint density at radius 2 is 1.85 bits per heavy atom. The van der Waals surface area contributed by atoms with E-state index < -0.39 is 32.9 Å². The van der Waals surface area contributed by atoms with Gasteiger partial charge in [0, 0.05) is 30.1 Å². The van der Waals surface area contributed by atoms with Crippen molar-refractivity contribution in [2.75, 3.05) is 24.7 Å². The molecule has 8 nitrogen and oxygen atoms in total. The maximum Gasteiger partial charge on any atom is 0.416 e. The molecule has 4 atom stereocenters. The number of rotatable bonds is 8. The van der Waals surface area contributed by atoms with E-state index in [0.717, 1.165) is 18.6 Å². The zero-order chi connectivity index (χ0) is 28.7. The van der Waals surface area contributed by atoms with Crippen molar-refractivity contribution in [1.29, 1.82) is 0 Å². The smallest absolute Gasteiger partial charge is 0.358 e. The first-order chi connectivity index (χ1) is 18.2. The lowest BCUT2D eigenvalue weighted by Crippen LogP contribution is -2.52. The van der Waals surface area contributed by atoms with Crippen LogP contribution in [0.1, 0.15) is 58.9 Å². The van der Waals surface area contributed by atoms with Crippen LogP contribution in [0, 0.1) is 5.92 Å². The van der Waals surface area contributed by atoms with Crippen molar-refractivity contribution in [3.63, 3.8) is 0 Å². The SMILES string of the molecule is CC(C)N(C)[C@@H]1CC[C@H](N2CC[C@H](Nc3ncnc4ccc(C(F)(F)F)cc34)C2=O)[C@H](CS(=O)(=O)C(C)C)C1. The van der Waals surface area contributed by atoms with E-state index >= 15 is 0 Å². The molecule has 1 aromatic heterocycles. The summed E-state index contributed by atoms with van der Waals surface area (Å²) in [6.45, 7) is 8.03. The van der Waals surface area contributed by atoms with E-state index in [2.05, 4.69) is 41.1 Å². The average Bonchev–Trinajstić information content (AvgIpc) is 3.22. The molecule has 4 rings (SSSR count). The predicted octanol–water partition coefficient (Wildman–Crippen LogP) is 4.36. The predicted molar refractivity (Wildman–Crippen MR) is 145 cm³/mol. The molecule has 39 heavy (non-hydrogen) atoms. The van der Waals surface area contributed by atoms with Crippen molar-refractivity contribution in [3.05, 3.63) is 30.1 Å². The maximum absolute atomic E-state index is 13.6. The second-order valence-corrected chi connectivity index (χ2v) is 14.0. The van der Waals surface area contributed by atoms with E-state index in [0.29, 0.717) is 37.4 Å². The van der Waals surface area contributed by atoms with E-state index in [-0.39, 0.29) is 40.9 Å². The minimum Gasteiger partial charge on any atom is -0.358 e. The van der Waals surface area contributed by atoms with Crippen molar-refractivity contribution < 1.29 is 26.4 Å². The lowest BCUT2D eigenvalue weighted by molar-refractivity contribution is -0.137. The maximum atomic E-state index is 13.6. The van der Waals surface area contributed by atoms with Crippen molar-refractivity contribution in [1.82, 2.24) is 19.8 Å². The van der Waals surface area contributed by atoms with Gasteiger partial charge in [-0.3, -0.25) is 4.79 Å². The summed E-state index contributed by atoms with van der Waals surface area (Å²) in [6, 6.07) is 2.92. The number of benzene rings is 1. The van der Waals surface area contributed by atoms with Crippen LogP contribution in [0.5, 0.6) is 0 Å². The third kappa shape index (κ3) is 6.32. The van der Waals surface area contributed by atoms with Crippen molar-refractivity contribution in [2.45, 2.75) is 89.0 Å². The number of anilines is 1. The summed E-state index contributed by atoms with van der Waals surface area (Å²) in [7, 11) is -1.27. The number of likely N-dealkylation sites (tertiary alicyclic amines) is 1. The van der Waals surface area contributed by atoms with Crippen LogP contribution < -0.4 is 5.32 Å². The second-order valence-electron chi connectivity index (χ2n) is 11.4. The fraction of sp³-hybridized carbons (Fsp3) is 0.667. The average molecular weight is 570 g/mol. The Kier molecular flexibility index (Phi) is 8.47. The summed E-state index contributed by atoms with van der Waals surface area (Å²) in [4.78, 5) is 25.9. The first-order valence-corrected chi connectivity index (χ1v) is 15.2. The Hall–Kier alpha value is -2.47. The van der Waals surface area contributed by atoms with Crippen LogP contribution in [0.4, 0.5) is 19.0 Å². The van der Waals surface area contributed by atoms with Gasteiger partial charge in [0.15, 0.2) is 9.84 Å². The van der Waals surface area contributed by atoms with E-state index in [9.17, 15) is 26.4 Å². The van der Waals surface area contributed by atoms with Gasteiger partial charge in [0.25, 0.3) is 0 Å². The van der Waals surface area contributed by atoms with Crippen LogP contribution in [-0.2, 0) is 20.8 Å². The fourth-order valence-corrected chi connectivity index (χ4v) is 7.11. The molecule has 0 radical (unpaired) electrons. The van der Waals surface area contributed by atoms with Gasteiger partial charge in [-0.2, -0.15) is 13.2 Å². The van der Waals surface area contributed by atoms with Gasteiger partial charge in [-0.1, -0.05) is 0 Å². The van der Waals surface area contributed by atoms with E-state index in [1.807, 2.05) is 0 Å². The monoisotopic (exact) mass is 569 g/mol. The largest absolute Gasteiger partial charge is 0.416 e. The normalized spacial score (nSPS) is 24.9. The van der Waals surface area contributed by atoms with Crippen LogP contribution >= 0.6 is 0 Å². The minimum absolute atomic E-state index is 0.0242. The van der Waals surface area contributed by atoms with E-state index in [4.69, 9.17) is 0 Å². The summed E-state index contributed by atoms with van der Waals surface area (Å²) in [6.07, 6.45) is -0.577. The van der Waals surface area contributed by atoms with E-state index in [1.54, 1.807) is 18.7 Å². The third-order valence-electron chi connectivity index (χ3n) is 8.38. The number of hydrogen-bond acceptors (Lipinski definition) is 7. The number of aromatic nitrogens is 2. The molecule has 2 fully saturated rings. The molecule has 0 spiro atoms. The molecular weight excluding hydrogens is 531 g/mol. The van der Waals surface area contributed by atoms with Crippen molar-refractivity contribution >= 4 is 32.5 Å². The Morgan fingerprint density at radius 3 is 2.49 bits per heavy atom. The van der Waals surface area contributed by atoms with Gasteiger partial charge in [-0.25, -0.2) is 18.4 Å². The molecule has 216 valence electrons. The topological polar surface area (TPSA) is 95.5 Å². The number of nitrogens with one attached hydrogen (secondary N) is 1. The van der Waals surface area contributed by atoms with Crippen LogP contribution in [-0.4, -0.2) is 82.9 Å². The number of nitrogens with zero attached hydrogens (tertiary/aromatic N) is 4. The highest BCUT2D eigenvalue weighted by Crippen LogP contribution is 2.37. The van der Waals surface area contributed by atoms with Crippen LogP contribution in [0.25, 0.3) is 10.9 Å². The highest BCUT2D eigenvalue weighted by atomic mass is 32.2. The molecule has 1 saturated carbocycles.